The Labute approximate surface area is 188 Å². The molecular weight excluding hydrogens is 412 g/mol. The summed E-state index contributed by atoms with van der Waals surface area (Å²) < 4.78 is 10.6. The van der Waals surface area contributed by atoms with Crippen LogP contribution < -0.4 is 0 Å². The number of carbonyl (C=O) groups excluding carboxylic acids is 4. The van der Waals surface area contributed by atoms with Crippen LogP contribution in [0.2, 0.25) is 0 Å². The highest BCUT2D eigenvalue weighted by Gasteiger charge is 2.67. The highest BCUT2D eigenvalue weighted by molar-refractivity contribution is 5.92. The number of carbonyl (C=O) groups is 4. The number of Topliss-reactive ketones (excluding diaryl/α,β-unsaturated/α-hetero) is 1. The van der Waals surface area contributed by atoms with Gasteiger partial charge in [-0.25, -0.2) is 0 Å². The SMILES string of the molecule is CC(=O)OCC(=O)[C@@]1(O)CC[C@@H]2[C@@H]3C[C@H](OC(C)=O)C4=CC(=O)CC[C@]4(C)[C@H]3CC[C@]21C. The summed E-state index contributed by atoms with van der Waals surface area (Å²) in [5.41, 5.74) is -1.46. The summed E-state index contributed by atoms with van der Waals surface area (Å²) in [4.78, 5) is 48.3. The molecule has 0 aromatic heterocycles. The van der Waals surface area contributed by atoms with Crippen LogP contribution in [0.5, 0.6) is 0 Å². The van der Waals surface area contributed by atoms with Gasteiger partial charge in [-0.15, -0.1) is 0 Å². The topological polar surface area (TPSA) is 107 Å². The molecule has 0 aromatic rings. The van der Waals surface area contributed by atoms with E-state index in [0.29, 0.717) is 38.0 Å². The zero-order chi connectivity index (χ0) is 23.5. The van der Waals surface area contributed by atoms with Gasteiger partial charge in [0.15, 0.2) is 12.4 Å². The van der Waals surface area contributed by atoms with Crippen molar-refractivity contribution in [1.82, 2.24) is 0 Å². The van der Waals surface area contributed by atoms with E-state index in [1.807, 2.05) is 6.92 Å². The standard InChI is InChI=1S/C25H34O7/c1-14(26)31-13-22(29)25(30)10-7-19-17-12-21(32-15(2)27)20-11-16(28)5-8-23(20,3)18(17)6-9-24(19,25)4/h11,17-19,21,30H,5-10,12-13H2,1-4H3/t17-,18+,19-,21+,23-,24-,25+/m1/s1. The van der Waals surface area contributed by atoms with Gasteiger partial charge in [0.1, 0.15) is 11.7 Å². The van der Waals surface area contributed by atoms with Crippen LogP contribution in [0.25, 0.3) is 0 Å². The third-order valence-corrected chi connectivity index (χ3v) is 9.28. The van der Waals surface area contributed by atoms with Gasteiger partial charge >= 0.3 is 11.9 Å². The summed E-state index contributed by atoms with van der Waals surface area (Å²) in [7, 11) is 0. The number of rotatable bonds is 4. The van der Waals surface area contributed by atoms with Crippen LogP contribution in [0.3, 0.4) is 0 Å². The molecule has 4 aliphatic carbocycles. The van der Waals surface area contributed by atoms with Gasteiger partial charge in [0.25, 0.3) is 0 Å². The van der Waals surface area contributed by atoms with Crippen LogP contribution in [-0.4, -0.2) is 46.9 Å². The number of ketones is 2. The smallest absolute Gasteiger partial charge is 0.303 e. The number of ether oxygens (including phenoxy) is 2. The minimum atomic E-state index is -1.53. The molecule has 0 aliphatic heterocycles. The fourth-order valence-electron chi connectivity index (χ4n) is 7.65. The molecule has 7 nitrogen and oxygen atoms in total. The first-order valence-corrected chi connectivity index (χ1v) is 11.7. The normalized spacial score (nSPS) is 42.8. The second-order valence-corrected chi connectivity index (χ2v) is 10.8. The van der Waals surface area contributed by atoms with Crippen LogP contribution in [0.4, 0.5) is 0 Å². The summed E-state index contributed by atoms with van der Waals surface area (Å²) in [5.74, 6) is -0.699. The molecular formula is C25H34O7. The molecule has 7 heteroatoms. The highest BCUT2D eigenvalue weighted by Crippen LogP contribution is 2.67. The lowest BCUT2D eigenvalue weighted by molar-refractivity contribution is -0.173. The van der Waals surface area contributed by atoms with Crippen molar-refractivity contribution in [1.29, 1.82) is 0 Å². The molecule has 0 saturated heterocycles. The second-order valence-electron chi connectivity index (χ2n) is 10.8. The van der Waals surface area contributed by atoms with Crippen molar-refractivity contribution in [3.8, 4) is 0 Å². The van der Waals surface area contributed by atoms with E-state index in [4.69, 9.17) is 9.47 Å². The number of hydrogen-bond donors (Lipinski definition) is 1. The van der Waals surface area contributed by atoms with Gasteiger partial charge in [-0.2, -0.15) is 0 Å². The first-order chi connectivity index (χ1) is 14.9. The summed E-state index contributed by atoms with van der Waals surface area (Å²) in [6, 6.07) is 0. The van der Waals surface area contributed by atoms with E-state index in [1.54, 1.807) is 6.08 Å². The van der Waals surface area contributed by atoms with E-state index in [1.165, 1.54) is 13.8 Å². The Bertz CT molecular complexity index is 891. The quantitative estimate of drug-likeness (QED) is 0.662. The molecule has 7 atom stereocenters. The lowest BCUT2D eigenvalue weighted by Gasteiger charge is -2.60. The Morgan fingerprint density at radius 3 is 2.41 bits per heavy atom. The van der Waals surface area contributed by atoms with Gasteiger partial charge in [-0.3, -0.25) is 19.2 Å². The van der Waals surface area contributed by atoms with Crippen molar-refractivity contribution in [2.24, 2.45) is 28.6 Å². The summed E-state index contributed by atoms with van der Waals surface area (Å²) in [5, 5.41) is 11.6. The van der Waals surface area contributed by atoms with Crippen LogP contribution in [-0.2, 0) is 28.7 Å². The molecule has 0 aromatic carbocycles. The van der Waals surface area contributed by atoms with Gasteiger partial charge < -0.3 is 14.6 Å². The maximum absolute atomic E-state index is 13.0. The van der Waals surface area contributed by atoms with Crippen molar-refractivity contribution < 1.29 is 33.8 Å². The van der Waals surface area contributed by atoms with Crippen LogP contribution in [0.15, 0.2) is 11.6 Å². The number of fused-ring (bicyclic) bond motifs is 5. The van der Waals surface area contributed by atoms with E-state index in [0.717, 1.165) is 18.4 Å². The maximum Gasteiger partial charge on any atom is 0.303 e. The van der Waals surface area contributed by atoms with Gasteiger partial charge in [0.05, 0.1) is 0 Å². The Kier molecular flexibility index (Phi) is 5.63. The Hall–Kier alpha value is -2.02. The lowest BCUT2D eigenvalue weighted by atomic mass is 9.45. The minimum Gasteiger partial charge on any atom is -0.458 e. The number of esters is 2. The van der Waals surface area contributed by atoms with Crippen molar-refractivity contribution in [2.45, 2.75) is 84.3 Å². The molecule has 4 aliphatic rings. The van der Waals surface area contributed by atoms with Gasteiger partial charge in [-0.1, -0.05) is 13.8 Å². The van der Waals surface area contributed by atoms with Crippen LogP contribution >= 0.6 is 0 Å². The minimum absolute atomic E-state index is 0.0834. The van der Waals surface area contributed by atoms with E-state index in [9.17, 15) is 24.3 Å². The molecule has 32 heavy (non-hydrogen) atoms. The van der Waals surface area contributed by atoms with E-state index >= 15 is 0 Å². The van der Waals surface area contributed by atoms with Crippen LogP contribution in [0, 0.1) is 28.6 Å². The Morgan fingerprint density at radius 1 is 1.06 bits per heavy atom. The average molecular weight is 447 g/mol. The van der Waals surface area contributed by atoms with E-state index in [-0.39, 0.29) is 29.0 Å². The zero-order valence-corrected chi connectivity index (χ0v) is 19.4. The third-order valence-electron chi connectivity index (χ3n) is 9.28. The third kappa shape index (κ3) is 3.35. The van der Waals surface area contributed by atoms with Crippen molar-refractivity contribution in [3.63, 3.8) is 0 Å². The summed E-state index contributed by atoms with van der Waals surface area (Å²) >= 11 is 0. The molecule has 4 rings (SSSR count). The first-order valence-electron chi connectivity index (χ1n) is 11.7. The molecule has 0 spiro atoms. The molecule has 0 heterocycles. The fraction of sp³-hybridized carbons (Fsp3) is 0.760. The summed E-state index contributed by atoms with van der Waals surface area (Å²) in [6.45, 7) is 6.41. The van der Waals surface area contributed by atoms with E-state index in [2.05, 4.69) is 6.92 Å². The molecule has 0 bridgehead atoms. The van der Waals surface area contributed by atoms with E-state index < -0.39 is 35.5 Å². The van der Waals surface area contributed by atoms with Gasteiger partial charge in [0, 0.05) is 25.7 Å². The second kappa shape index (κ2) is 7.79. The molecule has 0 amide bonds. The Balaban J connectivity index is 1.67. The largest absolute Gasteiger partial charge is 0.458 e. The number of hydrogen-bond acceptors (Lipinski definition) is 7. The molecule has 3 fully saturated rings. The maximum atomic E-state index is 13.0. The lowest BCUT2D eigenvalue weighted by Crippen LogP contribution is -2.59. The van der Waals surface area contributed by atoms with Crippen molar-refractivity contribution in [3.05, 3.63) is 11.6 Å². The Morgan fingerprint density at radius 2 is 1.75 bits per heavy atom. The molecule has 0 radical (unpaired) electrons. The average Bonchev–Trinajstić information content (AvgIpc) is 2.99. The summed E-state index contributed by atoms with van der Waals surface area (Å²) in [6.07, 6.45) is 5.64. The molecule has 0 unspecified atom stereocenters. The highest BCUT2D eigenvalue weighted by atomic mass is 16.5. The zero-order valence-electron chi connectivity index (χ0n) is 19.4. The monoisotopic (exact) mass is 446 g/mol. The molecule has 1 N–H and O–H groups in total. The number of aliphatic hydroxyl groups is 1. The fourth-order valence-corrected chi connectivity index (χ4v) is 7.65. The molecule has 3 saturated carbocycles. The predicted octanol–water partition coefficient (Wildman–Crippen LogP) is 2.92. The van der Waals surface area contributed by atoms with Gasteiger partial charge in [-0.05, 0) is 73.3 Å². The predicted molar refractivity (Wildman–Crippen MR) is 114 cm³/mol. The first kappa shape index (κ1) is 23.1. The van der Waals surface area contributed by atoms with Gasteiger partial charge in [0.2, 0.25) is 5.78 Å². The van der Waals surface area contributed by atoms with Crippen molar-refractivity contribution >= 4 is 23.5 Å². The van der Waals surface area contributed by atoms with Crippen LogP contribution in [0.1, 0.15) is 72.6 Å². The molecule has 176 valence electrons. The van der Waals surface area contributed by atoms with Crippen molar-refractivity contribution in [2.75, 3.05) is 6.61 Å².